The molecule has 0 spiro atoms. The molecule has 1 aliphatic heterocycles. The molecule has 2 heterocycles. The van der Waals surface area contributed by atoms with E-state index in [0.29, 0.717) is 27.8 Å². The van der Waals surface area contributed by atoms with E-state index >= 15 is 0 Å². The van der Waals surface area contributed by atoms with Gasteiger partial charge in [-0.15, -0.1) is 0 Å². The van der Waals surface area contributed by atoms with Crippen LogP contribution in [-0.4, -0.2) is 36.1 Å². The molecule has 0 saturated carbocycles. The molecule has 2 atom stereocenters. The highest BCUT2D eigenvalue weighted by atomic mass is 35.5. The van der Waals surface area contributed by atoms with E-state index in [1.54, 1.807) is 6.07 Å². The predicted octanol–water partition coefficient (Wildman–Crippen LogP) is 6.49. The van der Waals surface area contributed by atoms with Gasteiger partial charge < -0.3 is 20.1 Å². The molecule has 1 aliphatic rings. The van der Waals surface area contributed by atoms with E-state index in [1.165, 1.54) is 26.4 Å². The lowest BCUT2D eigenvalue weighted by Gasteiger charge is -2.34. The zero-order chi connectivity index (χ0) is 27.1. The molecule has 3 aromatic rings. The zero-order valence-electron chi connectivity index (χ0n) is 19.2. The highest BCUT2D eigenvalue weighted by Crippen LogP contribution is 2.45. The second-order valence-electron chi connectivity index (χ2n) is 8.10. The highest BCUT2D eigenvalue weighted by Gasteiger charge is 2.47. The van der Waals surface area contributed by atoms with Gasteiger partial charge in [0.1, 0.15) is 11.4 Å². The van der Waals surface area contributed by atoms with Crippen molar-refractivity contribution in [3.63, 3.8) is 0 Å². The normalized spacial score (nSPS) is 17.5. The van der Waals surface area contributed by atoms with Gasteiger partial charge in [0.05, 0.1) is 37.0 Å². The summed E-state index contributed by atoms with van der Waals surface area (Å²) in [6.45, 7) is 0. The number of halogens is 7. The number of hydrogen-bond acceptors (Lipinski definition) is 5. The summed E-state index contributed by atoms with van der Waals surface area (Å²) >= 11 is 5.61. The molecule has 0 bridgehead atoms. The van der Waals surface area contributed by atoms with E-state index in [1.807, 2.05) is 0 Å². The van der Waals surface area contributed by atoms with Crippen LogP contribution in [0.2, 0.25) is 5.02 Å². The van der Waals surface area contributed by atoms with Gasteiger partial charge in [0.2, 0.25) is 0 Å². The molecule has 198 valence electrons. The standard InChI is InChI=1S/C23H19ClF6N4O3/c1-36-17-6-3-11(7-18(17)37-2)16-9-19(23(28,29)30)34-20(33-16)13(10-31-34)21(35)32-12-4-5-15(24)14(8-12)22(25,26)27/h3-8,10,16,19,33H,9H2,1-2H3,(H,32,35)/t16-,19-/m1/s1. The lowest BCUT2D eigenvalue weighted by molar-refractivity contribution is -0.173. The van der Waals surface area contributed by atoms with Crippen molar-refractivity contribution in [2.24, 2.45) is 0 Å². The van der Waals surface area contributed by atoms with Gasteiger partial charge >= 0.3 is 12.4 Å². The summed E-state index contributed by atoms with van der Waals surface area (Å²) in [4.78, 5) is 12.9. The molecule has 2 aromatic carbocycles. The second kappa shape index (κ2) is 9.69. The number of aromatic nitrogens is 2. The Hall–Kier alpha value is -3.61. The van der Waals surface area contributed by atoms with Gasteiger partial charge in [-0.1, -0.05) is 17.7 Å². The topological polar surface area (TPSA) is 77.4 Å². The zero-order valence-corrected chi connectivity index (χ0v) is 19.9. The molecule has 37 heavy (non-hydrogen) atoms. The van der Waals surface area contributed by atoms with Crippen molar-refractivity contribution in [3.05, 3.63) is 64.3 Å². The van der Waals surface area contributed by atoms with Crippen LogP contribution >= 0.6 is 11.6 Å². The first-order valence-corrected chi connectivity index (χ1v) is 11.0. The van der Waals surface area contributed by atoms with Gasteiger partial charge in [-0.05, 0) is 35.9 Å². The molecule has 0 radical (unpaired) electrons. The average molecular weight is 549 g/mol. The smallest absolute Gasteiger partial charge is 0.417 e. The molecule has 0 saturated heterocycles. The number of nitrogens with one attached hydrogen (secondary N) is 2. The van der Waals surface area contributed by atoms with E-state index in [4.69, 9.17) is 21.1 Å². The predicted molar refractivity (Wildman–Crippen MR) is 122 cm³/mol. The van der Waals surface area contributed by atoms with Crippen molar-refractivity contribution in [3.8, 4) is 11.5 Å². The van der Waals surface area contributed by atoms with Crippen molar-refractivity contribution in [2.45, 2.75) is 30.9 Å². The number of methoxy groups -OCH3 is 2. The van der Waals surface area contributed by atoms with Crippen molar-refractivity contribution >= 4 is 29.0 Å². The van der Waals surface area contributed by atoms with Gasteiger partial charge in [-0.2, -0.15) is 31.4 Å². The first-order chi connectivity index (χ1) is 17.3. The van der Waals surface area contributed by atoms with Crippen LogP contribution in [0.15, 0.2) is 42.6 Å². The van der Waals surface area contributed by atoms with Crippen molar-refractivity contribution in [1.82, 2.24) is 9.78 Å². The van der Waals surface area contributed by atoms with E-state index < -0.39 is 47.4 Å². The highest BCUT2D eigenvalue weighted by molar-refractivity contribution is 6.31. The van der Waals surface area contributed by atoms with E-state index in [0.717, 1.165) is 18.3 Å². The Morgan fingerprint density at radius 3 is 2.41 bits per heavy atom. The summed E-state index contributed by atoms with van der Waals surface area (Å²) in [5, 5.41) is 8.36. The maximum Gasteiger partial charge on any atom is 0.417 e. The molecule has 1 amide bonds. The van der Waals surface area contributed by atoms with Crippen LogP contribution in [0.5, 0.6) is 11.5 Å². The van der Waals surface area contributed by atoms with Crippen LogP contribution in [0.3, 0.4) is 0 Å². The SMILES string of the molecule is COc1ccc([C@H]2C[C@H](C(F)(F)F)n3ncc(C(=O)Nc4ccc(Cl)c(C(F)(F)F)c4)c3N2)cc1OC. The van der Waals surface area contributed by atoms with Crippen LogP contribution in [0, 0.1) is 0 Å². The number of alkyl halides is 6. The number of anilines is 2. The number of carbonyl (C=O) groups excluding carboxylic acids is 1. The first-order valence-electron chi connectivity index (χ1n) is 10.6. The Labute approximate surface area is 211 Å². The van der Waals surface area contributed by atoms with Crippen LogP contribution in [-0.2, 0) is 6.18 Å². The third kappa shape index (κ3) is 5.26. The minimum absolute atomic E-state index is 0.240. The Morgan fingerprint density at radius 1 is 1.08 bits per heavy atom. The molecule has 14 heteroatoms. The molecule has 2 N–H and O–H groups in total. The number of amides is 1. The van der Waals surface area contributed by atoms with Crippen LogP contribution in [0.1, 0.15) is 40.0 Å². The molecule has 4 rings (SSSR count). The summed E-state index contributed by atoms with van der Waals surface area (Å²) in [6, 6.07) is 4.37. The summed E-state index contributed by atoms with van der Waals surface area (Å²) in [5.74, 6) is -0.528. The van der Waals surface area contributed by atoms with E-state index in [9.17, 15) is 31.1 Å². The second-order valence-corrected chi connectivity index (χ2v) is 8.51. The van der Waals surface area contributed by atoms with E-state index in [-0.39, 0.29) is 17.1 Å². The van der Waals surface area contributed by atoms with Gasteiger partial charge in [-0.3, -0.25) is 4.79 Å². The summed E-state index contributed by atoms with van der Waals surface area (Å²) < 4.78 is 92.5. The first kappa shape index (κ1) is 26.5. The van der Waals surface area contributed by atoms with E-state index in [2.05, 4.69) is 15.7 Å². The average Bonchev–Trinajstić information content (AvgIpc) is 3.27. The third-order valence-corrected chi connectivity index (χ3v) is 6.15. The van der Waals surface area contributed by atoms with Crippen molar-refractivity contribution in [1.29, 1.82) is 0 Å². The molecular formula is C23H19ClF6N4O3. The van der Waals surface area contributed by atoms with Gasteiger partial charge in [0.25, 0.3) is 5.91 Å². The molecule has 0 aliphatic carbocycles. The third-order valence-electron chi connectivity index (χ3n) is 5.82. The number of ether oxygens (including phenoxy) is 2. The Balaban J connectivity index is 1.69. The number of carbonyl (C=O) groups is 1. The number of hydrogen-bond donors (Lipinski definition) is 2. The summed E-state index contributed by atoms with van der Waals surface area (Å²) in [7, 11) is 2.80. The molecule has 7 nitrogen and oxygen atoms in total. The lowest BCUT2D eigenvalue weighted by Crippen LogP contribution is -2.36. The fourth-order valence-corrected chi connectivity index (χ4v) is 4.26. The molecule has 1 aromatic heterocycles. The maximum atomic E-state index is 14.0. The number of rotatable bonds is 5. The van der Waals surface area contributed by atoms with Crippen LogP contribution in [0.4, 0.5) is 37.8 Å². The van der Waals surface area contributed by atoms with Crippen LogP contribution < -0.4 is 20.1 Å². The molecule has 0 fully saturated rings. The lowest BCUT2D eigenvalue weighted by atomic mass is 9.96. The van der Waals surface area contributed by atoms with Gasteiger partial charge in [0.15, 0.2) is 17.5 Å². The monoisotopic (exact) mass is 548 g/mol. The minimum Gasteiger partial charge on any atom is -0.493 e. The Morgan fingerprint density at radius 2 is 1.78 bits per heavy atom. The summed E-state index contributed by atoms with van der Waals surface area (Å²) in [6.07, 6.45) is -9.00. The van der Waals surface area contributed by atoms with Crippen molar-refractivity contribution in [2.75, 3.05) is 24.9 Å². The fourth-order valence-electron chi connectivity index (χ4n) is 4.04. The van der Waals surface area contributed by atoms with Crippen molar-refractivity contribution < 1.29 is 40.6 Å². The molecule has 0 unspecified atom stereocenters. The van der Waals surface area contributed by atoms with Gasteiger partial charge in [-0.25, -0.2) is 4.68 Å². The Kier molecular flexibility index (Phi) is 6.93. The maximum absolute atomic E-state index is 14.0. The molecular weight excluding hydrogens is 530 g/mol. The minimum atomic E-state index is -4.77. The Bertz CT molecular complexity index is 1320. The number of fused-ring (bicyclic) bond motifs is 1. The largest absolute Gasteiger partial charge is 0.493 e. The summed E-state index contributed by atoms with van der Waals surface area (Å²) in [5.41, 5.74) is -1.28. The van der Waals surface area contributed by atoms with Gasteiger partial charge in [0, 0.05) is 12.1 Å². The fraction of sp³-hybridized carbons (Fsp3) is 0.304. The quantitative estimate of drug-likeness (QED) is 0.357. The number of nitrogens with zero attached hydrogens (tertiary/aromatic N) is 2. The number of benzene rings is 2. The van der Waals surface area contributed by atoms with Crippen LogP contribution in [0.25, 0.3) is 0 Å².